The van der Waals surface area contributed by atoms with E-state index in [0.29, 0.717) is 5.71 Å². The van der Waals surface area contributed by atoms with E-state index in [0.717, 1.165) is 21.8 Å². The lowest BCUT2D eigenvalue weighted by Gasteiger charge is -2.21. The lowest BCUT2D eigenvalue weighted by atomic mass is 10.1. The van der Waals surface area contributed by atoms with Crippen LogP contribution in [0.2, 0.25) is 0 Å². The Hall–Kier alpha value is -2.80. The number of hydrogen-bond donors (Lipinski definition) is 3. The fraction of sp³-hybridized carbons (Fsp3) is 0.0625. The molecule has 7 heteroatoms. The molecule has 2 aromatic rings. The molecule has 1 heterocycles. The number of nitrogens with one attached hydrogen (secondary N) is 2. The Kier molecular flexibility index (Phi) is 4.03. The first kappa shape index (κ1) is 15.1. The average Bonchev–Trinajstić information content (AvgIpc) is 2.56. The van der Waals surface area contributed by atoms with Crippen molar-refractivity contribution in [3.63, 3.8) is 0 Å². The lowest BCUT2D eigenvalue weighted by Crippen LogP contribution is -2.33. The first-order valence-electron chi connectivity index (χ1n) is 6.87. The summed E-state index contributed by atoms with van der Waals surface area (Å²) < 4.78 is 0. The van der Waals surface area contributed by atoms with Gasteiger partial charge in [-0.05, 0) is 36.8 Å². The summed E-state index contributed by atoms with van der Waals surface area (Å²) in [4.78, 5) is 24.1. The van der Waals surface area contributed by atoms with Crippen LogP contribution in [0.25, 0.3) is 0 Å². The number of primary amides is 1. The average molecular weight is 326 g/mol. The highest BCUT2D eigenvalue weighted by Crippen LogP contribution is 2.44. The van der Waals surface area contributed by atoms with Gasteiger partial charge in [0.25, 0.3) is 0 Å². The van der Waals surface area contributed by atoms with Gasteiger partial charge in [0, 0.05) is 9.79 Å². The smallest absolute Gasteiger partial charge is 0.329 e. The predicted octanol–water partition coefficient (Wildman–Crippen LogP) is 2.22. The summed E-state index contributed by atoms with van der Waals surface area (Å²) in [6, 6.07) is 13.9. The standard InChI is InChI=1S/C16H14N4O2S/c1-9(19-20-16(22)15(17)21)10-6-7-14-12(8-10)18-11-4-2-3-5-13(11)23-14/h2-8,18H,1H3,(H2,17,21)(H,20,22)/b19-9-. The van der Waals surface area contributed by atoms with Gasteiger partial charge in [0.2, 0.25) is 0 Å². The zero-order chi connectivity index (χ0) is 16.4. The second-order valence-corrected chi connectivity index (χ2v) is 6.02. The van der Waals surface area contributed by atoms with E-state index < -0.39 is 11.8 Å². The van der Waals surface area contributed by atoms with E-state index in [9.17, 15) is 9.59 Å². The van der Waals surface area contributed by atoms with Crippen LogP contribution in [0.3, 0.4) is 0 Å². The second-order valence-electron chi connectivity index (χ2n) is 4.94. The zero-order valence-corrected chi connectivity index (χ0v) is 13.1. The Morgan fingerprint density at radius 1 is 1.13 bits per heavy atom. The van der Waals surface area contributed by atoms with E-state index in [1.807, 2.05) is 36.4 Å². The van der Waals surface area contributed by atoms with Crippen molar-refractivity contribution in [2.75, 3.05) is 5.32 Å². The molecule has 0 atom stereocenters. The minimum Gasteiger partial charge on any atom is -0.361 e. The maximum Gasteiger partial charge on any atom is 0.329 e. The van der Waals surface area contributed by atoms with E-state index in [1.165, 1.54) is 4.90 Å². The van der Waals surface area contributed by atoms with Crippen molar-refractivity contribution in [2.45, 2.75) is 16.7 Å². The van der Waals surface area contributed by atoms with E-state index >= 15 is 0 Å². The minimum absolute atomic E-state index is 0.577. The Labute approximate surface area is 137 Å². The van der Waals surface area contributed by atoms with Crippen LogP contribution in [0.5, 0.6) is 0 Å². The highest BCUT2D eigenvalue weighted by Gasteiger charge is 2.16. The Morgan fingerprint density at radius 3 is 2.65 bits per heavy atom. The number of nitrogens with two attached hydrogens (primary N) is 1. The van der Waals surface area contributed by atoms with Crippen LogP contribution >= 0.6 is 11.8 Å². The predicted molar refractivity (Wildman–Crippen MR) is 89.8 cm³/mol. The van der Waals surface area contributed by atoms with Crippen molar-refractivity contribution in [3.05, 3.63) is 48.0 Å². The summed E-state index contributed by atoms with van der Waals surface area (Å²) in [5, 5.41) is 7.27. The first-order valence-corrected chi connectivity index (χ1v) is 7.68. The van der Waals surface area contributed by atoms with Crippen LogP contribution in [0.1, 0.15) is 12.5 Å². The highest BCUT2D eigenvalue weighted by atomic mass is 32.2. The first-order chi connectivity index (χ1) is 11.0. The molecule has 1 aliphatic rings. The minimum atomic E-state index is -1.07. The molecule has 0 unspecified atom stereocenters. The van der Waals surface area contributed by atoms with E-state index in [-0.39, 0.29) is 0 Å². The molecule has 0 bridgehead atoms. The van der Waals surface area contributed by atoms with Crippen molar-refractivity contribution in [3.8, 4) is 0 Å². The highest BCUT2D eigenvalue weighted by molar-refractivity contribution is 7.99. The van der Waals surface area contributed by atoms with Gasteiger partial charge in [-0.1, -0.05) is 30.0 Å². The fourth-order valence-corrected chi connectivity index (χ4v) is 3.09. The van der Waals surface area contributed by atoms with Gasteiger partial charge < -0.3 is 11.1 Å². The van der Waals surface area contributed by atoms with E-state index in [2.05, 4.69) is 21.9 Å². The Morgan fingerprint density at radius 2 is 1.87 bits per heavy atom. The largest absolute Gasteiger partial charge is 0.361 e. The van der Waals surface area contributed by atoms with Crippen molar-refractivity contribution >= 4 is 40.7 Å². The molecule has 2 aromatic carbocycles. The van der Waals surface area contributed by atoms with Gasteiger partial charge in [-0.2, -0.15) is 5.10 Å². The third kappa shape index (κ3) is 3.19. The maximum absolute atomic E-state index is 11.1. The van der Waals surface area contributed by atoms with Crippen molar-refractivity contribution in [2.24, 2.45) is 10.8 Å². The molecule has 1 aliphatic heterocycles. The molecule has 0 aromatic heterocycles. The van der Waals surface area contributed by atoms with Crippen LogP contribution in [0.4, 0.5) is 11.4 Å². The number of amides is 2. The van der Waals surface area contributed by atoms with Crippen molar-refractivity contribution in [1.29, 1.82) is 0 Å². The third-order valence-electron chi connectivity index (χ3n) is 3.32. The molecule has 0 radical (unpaired) electrons. The third-order valence-corrected chi connectivity index (χ3v) is 4.47. The van der Waals surface area contributed by atoms with Gasteiger partial charge in [0.15, 0.2) is 0 Å². The quantitative estimate of drug-likeness (QED) is 0.382. The molecular formula is C16H14N4O2S. The fourth-order valence-electron chi connectivity index (χ4n) is 2.12. The molecule has 0 spiro atoms. The summed E-state index contributed by atoms with van der Waals surface area (Å²) in [5.41, 5.74) is 10.4. The summed E-state index contributed by atoms with van der Waals surface area (Å²) in [6.45, 7) is 1.74. The van der Waals surface area contributed by atoms with Gasteiger partial charge in [-0.25, -0.2) is 5.43 Å². The Bertz CT molecular complexity index is 833. The number of para-hydroxylation sites is 1. The molecule has 23 heavy (non-hydrogen) atoms. The molecule has 2 amide bonds. The Balaban J connectivity index is 1.83. The number of hydrogen-bond acceptors (Lipinski definition) is 5. The summed E-state index contributed by atoms with van der Waals surface area (Å²) in [7, 11) is 0. The molecule has 0 aliphatic carbocycles. The monoisotopic (exact) mass is 326 g/mol. The molecule has 4 N–H and O–H groups in total. The van der Waals surface area contributed by atoms with Gasteiger partial charge in [-0.15, -0.1) is 0 Å². The van der Waals surface area contributed by atoms with Crippen LogP contribution in [-0.2, 0) is 9.59 Å². The summed E-state index contributed by atoms with van der Waals surface area (Å²) in [5.74, 6) is -2.01. The molecule has 0 fully saturated rings. The van der Waals surface area contributed by atoms with E-state index in [4.69, 9.17) is 5.73 Å². The topological polar surface area (TPSA) is 96.6 Å². The van der Waals surface area contributed by atoms with Crippen LogP contribution in [0, 0.1) is 0 Å². The molecule has 0 saturated carbocycles. The number of nitrogens with zero attached hydrogens (tertiary/aromatic N) is 1. The maximum atomic E-state index is 11.1. The van der Waals surface area contributed by atoms with Crippen LogP contribution < -0.4 is 16.5 Å². The number of hydrazone groups is 1. The molecule has 3 rings (SSSR count). The number of benzene rings is 2. The molecule has 116 valence electrons. The SMILES string of the molecule is C/C(=N/NC(=O)C(N)=O)c1ccc2c(c1)Nc1ccccc1S2. The molecule has 6 nitrogen and oxygen atoms in total. The number of carbonyl (C=O) groups is 2. The van der Waals surface area contributed by atoms with Gasteiger partial charge >= 0.3 is 11.8 Å². The number of anilines is 2. The lowest BCUT2D eigenvalue weighted by molar-refractivity contribution is -0.137. The van der Waals surface area contributed by atoms with E-state index in [1.54, 1.807) is 18.7 Å². The van der Waals surface area contributed by atoms with Gasteiger partial charge in [0.1, 0.15) is 0 Å². The van der Waals surface area contributed by atoms with Gasteiger partial charge in [0.05, 0.1) is 17.1 Å². The van der Waals surface area contributed by atoms with Crippen molar-refractivity contribution in [1.82, 2.24) is 5.43 Å². The summed E-state index contributed by atoms with van der Waals surface area (Å²) >= 11 is 1.69. The molecule has 0 saturated heterocycles. The van der Waals surface area contributed by atoms with Gasteiger partial charge in [-0.3, -0.25) is 9.59 Å². The van der Waals surface area contributed by atoms with Crippen LogP contribution in [0.15, 0.2) is 57.4 Å². The zero-order valence-electron chi connectivity index (χ0n) is 12.3. The number of carbonyl (C=O) groups excluding carboxylic acids is 2. The van der Waals surface area contributed by atoms with Crippen LogP contribution in [-0.4, -0.2) is 17.5 Å². The second kappa shape index (κ2) is 6.13. The van der Waals surface area contributed by atoms with Crippen molar-refractivity contribution < 1.29 is 9.59 Å². The summed E-state index contributed by atoms with van der Waals surface area (Å²) in [6.07, 6.45) is 0. The number of rotatable bonds is 2. The molecular weight excluding hydrogens is 312 g/mol. The number of fused-ring (bicyclic) bond motifs is 2. The normalized spacial score (nSPS) is 12.7.